The molecule has 0 aromatic heterocycles. The van der Waals surface area contributed by atoms with Crippen molar-refractivity contribution in [3.05, 3.63) is 35.9 Å². The average Bonchev–Trinajstić information content (AvgIpc) is 2.36. The van der Waals surface area contributed by atoms with Gasteiger partial charge in [-0.1, -0.05) is 50.1 Å². The zero-order chi connectivity index (χ0) is 15.1. The third-order valence-electron chi connectivity index (χ3n) is 3.77. The van der Waals surface area contributed by atoms with Crippen molar-refractivity contribution >= 4 is 16.6 Å². The molecule has 0 atom stereocenters. The van der Waals surface area contributed by atoms with E-state index >= 15 is 0 Å². The maximum Gasteiger partial charge on any atom is 0.173 e. The van der Waals surface area contributed by atoms with Gasteiger partial charge in [0, 0.05) is 0 Å². The van der Waals surface area contributed by atoms with Crippen molar-refractivity contribution in [1.82, 2.24) is 0 Å². The summed E-state index contributed by atoms with van der Waals surface area (Å²) in [7, 11) is -2.91. The van der Waals surface area contributed by atoms with Crippen LogP contribution in [0.3, 0.4) is 0 Å². The molecule has 114 valence electrons. The summed E-state index contributed by atoms with van der Waals surface area (Å²) in [5, 5.41) is 0. The Labute approximate surface area is 128 Å². The van der Waals surface area contributed by atoms with E-state index in [0.717, 1.165) is 0 Å². The van der Waals surface area contributed by atoms with Crippen LogP contribution in [0.15, 0.2) is 30.3 Å². The van der Waals surface area contributed by atoms with Crippen LogP contribution in [0, 0.1) is 0 Å². The molecule has 0 aliphatic rings. The van der Waals surface area contributed by atoms with Crippen LogP contribution in [0.1, 0.15) is 31.7 Å². The van der Waals surface area contributed by atoms with E-state index in [0.29, 0.717) is 0 Å². The molecule has 1 aromatic carbocycles. The fourth-order valence-electron chi connectivity index (χ4n) is 2.82. The van der Waals surface area contributed by atoms with E-state index in [2.05, 4.69) is 63.4 Å². The molecule has 0 N–H and O–H groups in total. The van der Waals surface area contributed by atoms with Gasteiger partial charge in [-0.15, -0.1) is 0 Å². The molecular weight excluding hydrogens is 276 g/mol. The first kappa shape index (κ1) is 17.7. The van der Waals surface area contributed by atoms with Gasteiger partial charge in [0.05, 0.1) is 0 Å². The van der Waals surface area contributed by atoms with Crippen LogP contribution in [-0.4, -0.2) is 16.6 Å². The van der Waals surface area contributed by atoms with E-state index in [-0.39, 0.29) is 0 Å². The molecule has 3 heteroatoms. The van der Waals surface area contributed by atoms with Crippen molar-refractivity contribution in [3.8, 4) is 0 Å². The average molecular weight is 309 g/mol. The lowest BCUT2D eigenvalue weighted by Crippen LogP contribution is -2.44. The largest absolute Gasteiger partial charge is 0.455 e. The van der Waals surface area contributed by atoms with Gasteiger partial charge in [0.1, 0.15) is 0 Å². The second kappa shape index (κ2) is 8.15. The van der Waals surface area contributed by atoms with Crippen LogP contribution < -0.4 is 0 Å². The molecule has 0 radical (unpaired) electrons. The van der Waals surface area contributed by atoms with Crippen LogP contribution in [0.4, 0.5) is 0 Å². The lowest BCUT2D eigenvalue weighted by molar-refractivity contribution is 0.529. The molecule has 0 amide bonds. The monoisotopic (exact) mass is 308 g/mol. The molecular formula is C17H32OSi2. The van der Waals surface area contributed by atoms with Crippen LogP contribution in [0.25, 0.3) is 0 Å². The molecule has 0 heterocycles. The van der Waals surface area contributed by atoms with E-state index in [9.17, 15) is 0 Å². The summed E-state index contributed by atoms with van der Waals surface area (Å²) in [5.74, 6) is 0. The minimum Gasteiger partial charge on any atom is -0.455 e. The first-order chi connectivity index (χ1) is 9.35. The predicted molar refractivity (Wildman–Crippen MR) is 95.3 cm³/mol. The zero-order valence-electron chi connectivity index (χ0n) is 14.0. The standard InChI is InChI=1S/C17H32OSi2/c1-6-7-15-19(2,3)18-20(4,5)16-11-14-17-12-9-8-10-13-17/h8-10,12-13H,6-7,11,14-16H2,1-5H3. The molecule has 0 unspecified atom stereocenters. The molecule has 0 aliphatic heterocycles. The van der Waals surface area contributed by atoms with Gasteiger partial charge < -0.3 is 4.12 Å². The van der Waals surface area contributed by atoms with Gasteiger partial charge in [0.25, 0.3) is 0 Å². The first-order valence-electron chi connectivity index (χ1n) is 8.09. The van der Waals surface area contributed by atoms with Crippen LogP contribution in [0.2, 0.25) is 38.3 Å². The molecule has 20 heavy (non-hydrogen) atoms. The van der Waals surface area contributed by atoms with Gasteiger partial charge in [-0.3, -0.25) is 0 Å². The summed E-state index contributed by atoms with van der Waals surface area (Å²) in [6, 6.07) is 13.4. The number of aryl methyl sites for hydroxylation is 1. The van der Waals surface area contributed by atoms with E-state index < -0.39 is 16.6 Å². The van der Waals surface area contributed by atoms with Crippen molar-refractivity contribution in [2.24, 2.45) is 0 Å². The smallest absolute Gasteiger partial charge is 0.173 e. The minimum absolute atomic E-state index is 1.19. The maximum atomic E-state index is 6.64. The van der Waals surface area contributed by atoms with Crippen molar-refractivity contribution in [2.45, 2.75) is 70.9 Å². The lowest BCUT2D eigenvalue weighted by atomic mass is 10.1. The highest BCUT2D eigenvalue weighted by atomic mass is 28.4. The Bertz CT molecular complexity index is 374. The van der Waals surface area contributed by atoms with Gasteiger partial charge in [-0.2, -0.15) is 0 Å². The van der Waals surface area contributed by atoms with Crippen molar-refractivity contribution in [2.75, 3.05) is 0 Å². The van der Waals surface area contributed by atoms with Gasteiger partial charge >= 0.3 is 0 Å². The van der Waals surface area contributed by atoms with E-state index in [1.165, 1.54) is 43.3 Å². The van der Waals surface area contributed by atoms with E-state index in [1.807, 2.05) is 0 Å². The molecule has 0 bridgehead atoms. The predicted octanol–water partition coefficient (Wildman–Crippen LogP) is 5.85. The number of hydrogen-bond acceptors (Lipinski definition) is 1. The number of hydrogen-bond donors (Lipinski definition) is 0. The SMILES string of the molecule is CCCC[Si](C)(C)O[Si](C)(C)CCCc1ccccc1. The molecule has 1 aromatic rings. The van der Waals surface area contributed by atoms with Gasteiger partial charge in [-0.25, -0.2) is 0 Å². The van der Waals surface area contributed by atoms with Crippen LogP contribution in [-0.2, 0) is 10.5 Å². The van der Waals surface area contributed by atoms with Crippen molar-refractivity contribution in [1.29, 1.82) is 0 Å². The fraction of sp³-hybridized carbons (Fsp3) is 0.647. The Morgan fingerprint density at radius 2 is 1.40 bits per heavy atom. The maximum absolute atomic E-state index is 6.64. The summed E-state index contributed by atoms with van der Waals surface area (Å²) in [6.45, 7) is 11.9. The Morgan fingerprint density at radius 3 is 1.95 bits per heavy atom. The minimum atomic E-state index is -1.48. The molecule has 0 spiro atoms. The summed E-state index contributed by atoms with van der Waals surface area (Å²) in [4.78, 5) is 0. The highest BCUT2D eigenvalue weighted by molar-refractivity contribution is 6.84. The molecule has 1 nitrogen and oxygen atoms in total. The van der Waals surface area contributed by atoms with E-state index in [1.54, 1.807) is 0 Å². The number of benzene rings is 1. The summed E-state index contributed by atoms with van der Waals surface area (Å²) < 4.78 is 6.64. The first-order valence-corrected chi connectivity index (χ1v) is 14.3. The third-order valence-corrected chi connectivity index (χ3v) is 11.3. The lowest BCUT2D eigenvalue weighted by Gasteiger charge is -2.34. The summed E-state index contributed by atoms with van der Waals surface area (Å²) in [5.41, 5.74) is 1.46. The van der Waals surface area contributed by atoms with Gasteiger partial charge in [0.15, 0.2) is 16.6 Å². The van der Waals surface area contributed by atoms with Gasteiger partial charge in [0.2, 0.25) is 0 Å². The summed E-state index contributed by atoms with van der Waals surface area (Å²) in [6.07, 6.45) is 5.07. The quantitative estimate of drug-likeness (QED) is 0.520. The normalized spacial score (nSPS) is 12.7. The van der Waals surface area contributed by atoms with Crippen molar-refractivity contribution in [3.63, 3.8) is 0 Å². The second-order valence-electron chi connectivity index (χ2n) is 7.06. The zero-order valence-corrected chi connectivity index (χ0v) is 16.0. The summed E-state index contributed by atoms with van der Waals surface area (Å²) >= 11 is 0. The Morgan fingerprint density at radius 1 is 0.850 bits per heavy atom. The molecule has 0 saturated carbocycles. The molecule has 0 fully saturated rings. The van der Waals surface area contributed by atoms with Crippen molar-refractivity contribution < 1.29 is 4.12 Å². The molecule has 1 rings (SSSR count). The van der Waals surface area contributed by atoms with Crippen LogP contribution >= 0.6 is 0 Å². The fourth-order valence-corrected chi connectivity index (χ4v) is 11.8. The highest BCUT2D eigenvalue weighted by Crippen LogP contribution is 2.24. The third kappa shape index (κ3) is 7.41. The Hall–Kier alpha value is -0.386. The Kier molecular flexibility index (Phi) is 7.20. The topological polar surface area (TPSA) is 9.23 Å². The number of unbranched alkanes of at least 4 members (excludes halogenated alkanes) is 1. The molecule has 0 aliphatic carbocycles. The van der Waals surface area contributed by atoms with Gasteiger partial charge in [-0.05, 0) is 56.7 Å². The molecule has 0 saturated heterocycles. The number of rotatable bonds is 9. The van der Waals surface area contributed by atoms with E-state index in [4.69, 9.17) is 4.12 Å². The second-order valence-corrected chi connectivity index (χ2v) is 15.9. The van der Waals surface area contributed by atoms with Crippen LogP contribution in [0.5, 0.6) is 0 Å². The Balaban J connectivity index is 2.37. The highest BCUT2D eigenvalue weighted by Gasteiger charge is 2.31.